The normalized spacial score (nSPS) is 16.5. The number of hydrogen-bond donors (Lipinski definition) is 0. The number of rotatable bonds is 2. The van der Waals surface area contributed by atoms with E-state index < -0.39 is 0 Å². The number of aryl methyl sites for hydroxylation is 1. The Kier molecular flexibility index (Phi) is 4.63. The van der Waals surface area contributed by atoms with Gasteiger partial charge in [0.25, 0.3) is 0 Å². The first-order chi connectivity index (χ1) is 12.2. The predicted molar refractivity (Wildman–Crippen MR) is 104 cm³/mol. The summed E-state index contributed by atoms with van der Waals surface area (Å²) in [7, 11) is 0. The minimum Gasteiger partial charge on any atom is -0.456 e. The monoisotopic (exact) mass is 351 g/mol. The first-order valence-electron chi connectivity index (χ1n) is 9.03. The summed E-state index contributed by atoms with van der Waals surface area (Å²) < 4.78 is 6.17. The zero-order chi connectivity index (χ0) is 17.2. The zero-order valence-electron chi connectivity index (χ0n) is 14.5. The van der Waals surface area contributed by atoms with E-state index in [9.17, 15) is 0 Å². The maximum absolute atomic E-state index is 6.17. The molecule has 2 aromatic carbocycles. The van der Waals surface area contributed by atoms with Crippen LogP contribution in [-0.2, 0) is 0 Å². The Balaban J connectivity index is 1.89. The third-order valence-corrected chi connectivity index (χ3v) is 5.18. The van der Waals surface area contributed by atoms with Crippen LogP contribution in [0, 0.1) is 6.92 Å². The summed E-state index contributed by atoms with van der Waals surface area (Å²) >= 11 is 6.02. The first kappa shape index (κ1) is 16.4. The predicted octanol–water partition coefficient (Wildman–Crippen LogP) is 6.30. The van der Waals surface area contributed by atoms with Crippen LogP contribution in [-0.4, -0.2) is 6.04 Å². The topological polar surface area (TPSA) is 25.5 Å². The van der Waals surface area contributed by atoms with Crippen molar-refractivity contribution in [3.05, 3.63) is 64.5 Å². The van der Waals surface area contributed by atoms with E-state index in [1.54, 1.807) is 0 Å². The van der Waals surface area contributed by atoms with Gasteiger partial charge in [-0.25, -0.2) is 0 Å². The number of halogens is 1. The summed E-state index contributed by atoms with van der Waals surface area (Å²) in [6, 6.07) is 16.6. The molecule has 1 fully saturated rings. The molecule has 0 unspecified atom stereocenters. The molecule has 3 heteroatoms. The molecule has 1 aromatic heterocycles. The molecule has 0 atom stereocenters. The fraction of sp³-hybridized carbons (Fsp3) is 0.318. The largest absolute Gasteiger partial charge is 0.456 e. The van der Waals surface area contributed by atoms with Crippen LogP contribution in [0.5, 0.6) is 0 Å². The zero-order valence-corrected chi connectivity index (χ0v) is 15.2. The van der Waals surface area contributed by atoms with Gasteiger partial charge in [0.15, 0.2) is 0 Å². The molecule has 1 aliphatic rings. The molecule has 1 saturated carbocycles. The molecule has 0 radical (unpaired) electrons. The van der Waals surface area contributed by atoms with Crippen molar-refractivity contribution in [3.8, 4) is 11.3 Å². The standard InChI is InChI=1S/C22H22ClNO/c1-15-7-12-21-19(13-15)20(24-18-5-3-2-4-6-18)14-22(25-21)16-8-10-17(23)11-9-16/h7-14,18H,2-6H2,1H3. The number of fused-ring (bicyclic) bond motifs is 1. The number of nitrogens with zero attached hydrogens (tertiary/aromatic N) is 1. The molecule has 1 aliphatic carbocycles. The molecule has 0 bridgehead atoms. The Morgan fingerprint density at radius 2 is 1.72 bits per heavy atom. The molecule has 1 heterocycles. The fourth-order valence-corrected chi connectivity index (χ4v) is 3.68. The van der Waals surface area contributed by atoms with E-state index in [0.29, 0.717) is 6.04 Å². The van der Waals surface area contributed by atoms with Gasteiger partial charge < -0.3 is 4.42 Å². The lowest BCUT2D eigenvalue weighted by atomic mass is 9.96. The third-order valence-electron chi connectivity index (χ3n) is 4.92. The van der Waals surface area contributed by atoms with Crippen molar-refractivity contribution in [2.24, 2.45) is 4.99 Å². The maximum atomic E-state index is 6.17. The van der Waals surface area contributed by atoms with Crippen molar-refractivity contribution < 1.29 is 4.42 Å². The number of hydrogen-bond acceptors (Lipinski definition) is 2. The highest BCUT2D eigenvalue weighted by Gasteiger charge is 2.13. The molecule has 0 spiro atoms. The molecule has 0 N–H and O–H groups in total. The van der Waals surface area contributed by atoms with Gasteiger partial charge in [0, 0.05) is 22.0 Å². The van der Waals surface area contributed by atoms with Crippen molar-refractivity contribution in [2.45, 2.75) is 45.1 Å². The molecule has 128 valence electrons. The summed E-state index contributed by atoms with van der Waals surface area (Å²) in [6.07, 6.45) is 6.29. The van der Waals surface area contributed by atoms with Crippen molar-refractivity contribution in [2.75, 3.05) is 0 Å². The lowest BCUT2D eigenvalue weighted by molar-refractivity contribution is 0.437. The first-order valence-corrected chi connectivity index (χ1v) is 9.41. The van der Waals surface area contributed by atoms with Gasteiger partial charge in [-0.3, -0.25) is 4.99 Å². The van der Waals surface area contributed by atoms with Gasteiger partial charge in [-0.15, -0.1) is 0 Å². The Hall–Kier alpha value is -2.06. The van der Waals surface area contributed by atoms with Crippen LogP contribution in [0.25, 0.3) is 22.3 Å². The average molecular weight is 352 g/mol. The van der Waals surface area contributed by atoms with E-state index in [1.807, 2.05) is 30.3 Å². The minimum absolute atomic E-state index is 0.429. The molecular weight excluding hydrogens is 330 g/mol. The molecule has 0 saturated heterocycles. The Morgan fingerprint density at radius 1 is 0.960 bits per heavy atom. The quantitative estimate of drug-likeness (QED) is 0.532. The summed E-state index contributed by atoms with van der Waals surface area (Å²) in [6.45, 7) is 2.11. The Bertz CT molecular complexity index is 950. The van der Waals surface area contributed by atoms with Crippen LogP contribution in [0.4, 0.5) is 0 Å². The molecule has 2 nitrogen and oxygen atoms in total. The van der Waals surface area contributed by atoms with Gasteiger partial charge in [-0.05, 0) is 56.2 Å². The van der Waals surface area contributed by atoms with E-state index in [4.69, 9.17) is 21.0 Å². The summed E-state index contributed by atoms with van der Waals surface area (Å²) in [4.78, 5) is 5.10. The van der Waals surface area contributed by atoms with E-state index in [2.05, 4.69) is 25.1 Å². The highest BCUT2D eigenvalue weighted by atomic mass is 35.5. The fourth-order valence-electron chi connectivity index (χ4n) is 3.55. The van der Waals surface area contributed by atoms with Gasteiger partial charge in [-0.2, -0.15) is 0 Å². The molecule has 0 amide bonds. The second-order valence-corrected chi connectivity index (χ2v) is 7.36. The third kappa shape index (κ3) is 3.64. The summed E-state index contributed by atoms with van der Waals surface area (Å²) in [5.74, 6) is 0.836. The van der Waals surface area contributed by atoms with E-state index >= 15 is 0 Å². The van der Waals surface area contributed by atoms with Gasteiger partial charge in [0.2, 0.25) is 0 Å². The van der Waals surface area contributed by atoms with Crippen LogP contribution >= 0.6 is 11.6 Å². The van der Waals surface area contributed by atoms with Crippen molar-refractivity contribution in [1.82, 2.24) is 0 Å². The SMILES string of the molecule is Cc1ccc2oc(-c3ccc(Cl)cc3)cc(=NC3CCCCC3)c2c1. The van der Waals surface area contributed by atoms with Crippen LogP contribution in [0.2, 0.25) is 5.02 Å². The molecule has 3 aromatic rings. The van der Waals surface area contributed by atoms with Gasteiger partial charge in [-0.1, -0.05) is 42.5 Å². The van der Waals surface area contributed by atoms with Crippen LogP contribution in [0.1, 0.15) is 37.7 Å². The highest BCUT2D eigenvalue weighted by molar-refractivity contribution is 6.30. The number of benzene rings is 2. The van der Waals surface area contributed by atoms with Crippen molar-refractivity contribution in [1.29, 1.82) is 0 Å². The van der Waals surface area contributed by atoms with Crippen molar-refractivity contribution in [3.63, 3.8) is 0 Å². The minimum atomic E-state index is 0.429. The lowest BCUT2D eigenvalue weighted by Gasteiger charge is -2.17. The summed E-state index contributed by atoms with van der Waals surface area (Å²) in [5.41, 5.74) is 3.13. The van der Waals surface area contributed by atoms with E-state index in [-0.39, 0.29) is 0 Å². The van der Waals surface area contributed by atoms with Crippen LogP contribution in [0.3, 0.4) is 0 Å². The maximum Gasteiger partial charge on any atom is 0.136 e. The van der Waals surface area contributed by atoms with E-state index in [1.165, 1.54) is 37.7 Å². The lowest BCUT2D eigenvalue weighted by Crippen LogP contribution is -2.15. The summed E-state index contributed by atoms with van der Waals surface area (Å²) in [5, 5.41) is 2.87. The molecule has 4 rings (SSSR count). The van der Waals surface area contributed by atoms with Crippen LogP contribution < -0.4 is 5.36 Å². The second kappa shape index (κ2) is 7.05. The Morgan fingerprint density at radius 3 is 2.48 bits per heavy atom. The van der Waals surface area contributed by atoms with Gasteiger partial charge in [0.1, 0.15) is 11.3 Å². The molecule has 25 heavy (non-hydrogen) atoms. The molecular formula is C22H22ClNO. The Labute approximate surface area is 153 Å². The average Bonchev–Trinajstić information content (AvgIpc) is 2.63. The van der Waals surface area contributed by atoms with Crippen molar-refractivity contribution >= 4 is 22.6 Å². The second-order valence-electron chi connectivity index (χ2n) is 6.92. The van der Waals surface area contributed by atoms with Gasteiger partial charge >= 0.3 is 0 Å². The molecule has 0 aliphatic heterocycles. The highest BCUT2D eigenvalue weighted by Crippen LogP contribution is 2.25. The smallest absolute Gasteiger partial charge is 0.136 e. The van der Waals surface area contributed by atoms with Gasteiger partial charge in [0.05, 0.1) is 11.4 Å². The van der Waals surface area contributed by atoms with Crippen LogP contribution in [0.15, 0.2) is 57.9 Å². The van der Waals surface area contributed by atoms with E-state index in [0.717, 1.165) is 32.7 Å².